The van der Waals surface area contributed by atoms with E-state index in [1.165, 1.54) is 19.2 Å². The van der Waals surface area contributed by atoms with Crippen LogP contribution in [-0.2, 0) is 16.1 Å². The molecular formula is C14H19N3O4. The Bertz CT molecular complexity index is 495. The van der Waals surface area contributed by atoms with Crippen molar-refractivity contribution in [2.24, 2.45) is 0 Å². The Morgan fingerprint density at radius 2 is 1.86 bits per heavy atom. The van der Waals surface area contributed by atoms with Crippen LogP contribution in [0.25, 0.3) is 0 Å². The minimum Gasteiger partial charge on any atom is -0.375 e. The summed E-state index contributed by atoms with van der Waals surface area (Å²) in [5.41, 5.74) is 1.14. The van der Waals surface area contributed by atoms with Crippen LogP contribution in [0.2, 0.25) is 0 Å². The molecule has 1 aliphatic heterocycles. The Kier molecular flexibility index (Phi) is 5.24. The predicted molar refractivity (Wildman–Crippen MR) is 76.8 cm³/mol. The van der Waals surface area contributed by atoms with Gasteiger partial charge < -0.3 is 9.64 Å². The third kappa shape index (κ3) is 4.24. The van der Waals surface area contributed by atoms with E-state index in [1.807, 2.05) is 0 Å². The van der Waals surface area contributed by atoms with Crippen LogP contribution in [0.1, 0.15) is 5.56 Å². The second-order valence-corrected chi connectivity index (χ2v) is 5.01. The number of methoxy groups -OCH3 is 1. The van der Waals surface area contributed by atoms with Crippen molar-refractivity contribution < 1.29 is 14.5 Å². The number of nitro groups is 1. The summed E-state index contributed by atoms with van der Waals surface area (Å²) in [6.07, 6.45) is 0. The molecule has 1 heterocycles. The number of carbonyl (C=O) groups excluding carboxylic acids is 1. The van der Waals surface area contributed by atoms with Crippen molar-refractivity contribution >= 4 is 11.6 Å². The first-order valence-corrected chi connectivity index (χ1v) is 6.82. The van der Waals surface area contributed by atoms with Crippen molar-refractivity contribution in [2.45, 2.75) is 6.54 Å². The van der Waals surface area contributed by atoms with Crippen molar-refractivity contribution in [2.75, 3.05) is 39.9 Å². The first kappa shape index (κ1) is 15.4. The quantitative estimate of drug-likeness (QED) is 0.595. The molecule has 0 unspecified atom stereocenters. The highest BCUT2D eigenvalue weighted by Gasteiger charge is 2.20. The highest BCUT2D eigenvalue weighted by atomic mass is 16.6. The lowest BCUT2D eigenvalue weighted by atomic mass is 10.2. The maximum Gasteiger partial charge on any atom is 0.269 e. The van der Waals surface area contributed by atoms with Crippen LogP contribution in [0, 0.1) is 10.1 Å². The summed E-state index contributed by atoms with van der Waals surface area (Å²) >= 11 is 0. The molecule has 1 fully saturated rings. The summed E-state index contributed by atoms with van der Waals surface area (Å²) in [5.74, 6) is 0.0208. The molecule has 1 aromatic rings. The van der Waals surface area contributed by atoms with Crippen molar-refractivity contribution in [1.29, 1.82) is 0 Å². The standard InChI is InChI=1S/C14H19N3O4/c1-21-11-14(18)16-8-6-15(7-9-16)10-12-2-4-13(5-3-12)17(19)20/h2-5H,6-11H2,1H3. The zero-order valence-electron chi connectivity index (χ0n) is 12.0. The zero-order valence-corrected chi connectivity index (χ0v) is 12.0. The number of hydrogen-bond acceptors (Lipinski definition) is 5. The number of piperazine rings is 1. The number of hydrogen-bond donors (Lipinski definition) is 0. The Morgan fingerprint density at radius 3 is 2.38 bits per heavy atom. The summed E-state index contributed by atoms with van der Waals surface area (Å²) in [6, 6.07) is 6.60. The lowest BCUT2D eigenvalue weighted by molar-refractivity contribution is -0.384. The highest BCUT2D eigenvalue weighted by molar-refractivity contribution is 5.77. The van der Waals surface area contributed by atoms with Gasteiger partial charge in [-0.3, -0.25) is 19.8 Å². The van der Waals surface area contributed by atoms with Gasteiger partial charge in [0.2, 0.25) is 5.91 Å². The maximum atomic E-state index is 11.7. The van der Waals surface area contributed by atoms with Crippen molar-refractivity contribution in [3.63, 3.8) is 0 Å². The summed E-state index contributed by atoms with van der Waals surface area (Å²) in [6.45, 7) is 3.84. The van der Waals surface area contributed by atoms with E-state index in [9.17, 15) is 14.9 Å². The molecule has 0 spiro atoms. The number of rotatable bonds is 5. The van der Waals surface area contributed by atoms with Gasteiger partial charge >= 0.3 is 0 Å². The number of ether oxygens (including phenoxy) is 1. The molecule has 0 bridgehead atoms. The minimum atomic E-state index is -0.399. The monoisotopic (exact) mass is 293 g/mol. The van der Waals surface area contributed by atoms with Crippen LogP contribution in [0.15, 0.2) is 24.3 Å². The van der Waals surface area contributed by atoms with Crippen LogP contribution in [0.3, 0.4) is 0 Å². The van der Waals surface area contributed by atoms with Gasteiger partial charge in [-0.25, -0.2) is 0 Å². The molecule has 21 heavy (non-hydrogen) atoms. The number of nitro benzene ring substituents is 1. The van der Waals surface area contributed by atoms with E-state index in [-0.39, 0.29) is 18.2 Å². The van der Waals surface area contributed by atoms with Crippen LogP contribution >= 0.6 is 0 Å². The molecule has 0 saturated carbocycles. The normalized spacial score (nSPS) is 16.0. The lowest BCUT2D eigenvalue weighted by Gasteiger charge is -2.34. The molecule has 1 aromatic carbocycles. The Balaban J connectivity index is 1.83. The Morgan fingerprint density at radius 1 is 1.24 bits per heavy atom. The van der Waals surface area contributed by atoms with E-state index >= 15 is 0 Å². The second kappa shape index (κ2) is 7.14. The van der Waals surface area contributed by atoms with E-state index in [4.69, 9.17) is 4.74 Å². The van der Waals surface area contributed by atoms with Crippen molar-refractivity contribution in [3.05, 3.63) is 39.9 Å². The number of nitrogens with zero attached hydrogens (tertiary/aromatic N) is 3. The molecule has 0 aliphatic carbocycles. The number of benzene rings is 1. The van der Waals surface area contributed by atoms with Crippen molar-refractivity contribution in [1.82, 2.24) is 9.80 Å². The van der Waals surface area contributed by atoms with E-state index in [0.29, 0.717) is 13.1 Å². The first-order valence-electron chi connectivity index (χ1n) is 6.82. The predicted octanol–water partition coefficient (Wildman–Crippen LogP) is 0.885. The summed E-state index contributed by atoms with van der Waals surface area (Å²) < 4.78 is 4.85. The number of amides is 1. The van der Waals surface area contributed by atoms with Crippen LogP contribution in [0.5, 0.6) is 0 Å². The number of non-ortho nitro benzene ring substituents is 1. The zero-order chi connectivity index (χ0) is 15.2. The fourth-order valence-corrected chi connectivity index (χ4v) is 2.35. The Labute approximate surface area is 123 Å². The summed E-state index contributed by atoms with van der Waals surface area (Å²) in [4.78, 5) is 25.9. The summed E-state index contributed by atoms with van der Waals surface area (Å²) in [5, 5.41) is 10.6. The fraction of sp³-hybridized carbons (Fsp3) is 0.500. The van der Waals surface area contributed by atoms with Gasteiger partial charge in [0.15, 0.2) is 0 Å². The SMILES string of the molecule is COCC(=O)N1CCN(Cc2ccc([N+](=O)[O-])cc2)CC1. The van der Waals surface area contributed by atoms with Crippen molar-refractivity contribution in [3.8, 4) is 0 Å². The van der Waals surface area contributed by atoms with E-state index < -0.39 is 4.92 Å². The van der Waals surface area contributed by atoms with E-state index in [2.05, 4.69) is 4.90 Å². The van der Waals surface area contributed by atoms with Gasteiger partial charge in [-0.15, -0.1) is 0 Å². The maximum absolute atomic E-state index is 11.7. The van der Waals surface area contributed by atoms with Crippen LogP contribution in [0.4, 0.5) is 5.69 Å². The molecule has 7 nitrogen and oxygen atoms in total. The molecular weight excluding hydrogens is 274 g/mol. The molecule has 1 aliphatic rings. The fourth-order valence-electron chi connectivity index (χ4n) is 2.35. The molecule has 1 saturated heterocycles. The second-order valence-electron chi connectivity index (χ2n) is 5.01. The lowest BCUT2D eigenvalue weighted by Crippen LogP contribution is -2.49. The van der Waals surface area contributed by atoms with Gasteiger partial charge in [0.25, 0.3) is 5.69 Å². The van der Waals surface area contributed by atoms with Gasteiger partial charge in [-0.05, 0) is 5.56 Å². The average molecular weight is 293 g/mol. The third-order valence-electron chi connectivity index (χ3n) is 3.55. The topological polar surface area (TPSA) is 75.9 Å². The van der Waals surface area contributed by atoms with Gasteiger partial charge in [-0.1, -0.05) is 12.1 Å². The van der Waals surface area contributed by atoms with Gasteiger partial charge in [0.1, 0.15) is 6.61 Å². The highest BCUT2D eigenvalue weighted by Crippen LogP contribution is 2.14. The molecule has 2 rings (SSSR count). The molecule has 0 N–H and O–H groups in total. The molecule has 114 valence electrons. The van der Waals surface area contributed by atoms with Gasteiger partial charge in [-0.2, -0.15) is 0 Å². The molecule has 0 aromatic heterocycles. The number of carbonyl (C=O) groups is 1. The third-order valence-corrected chi connectivity index (χ3v) is 3.55. The largest absolute Gasteiger partial charge is 0.375 e. The Hall–Kier alpha value is -1.99. The smallest absolute Gasteiger partial charge is 0.269 e. The molecule has 7 heteroatoms. The van der Waals surface area contributed by atoms with E-state index in [0.717, 1.165) is 25.2 Å². The molecule has 0 atom stereocenters. The molecule has 1 amide bonds. The van der Waals surface area contributed by atoms with Crippen LogP contribution < -0.4 is 0 Å². The van der Waals surface area contributed by atoms with E-state index in [1.54, 1.807) is 17.0 Å². The molecule has 0 radical (unpaired) electrons. The van der Waals surface area contributed by atoms with Crippen LogP contribution in [-0.4, -0.2) is 60.5 Å². The van der Waals surface area contributed by atoms with Gasteiger partial charge in [0.05, 0.1) is 4.92 Å². The average Bonchev–Trinajstić information content (AvgIpc) is 2.49. The van der Waals surface area contributed by atoms with Gasteiger partial charge in [0, 0.05) is 52.0 Å². The first-order chi connectivity index (χ1) is 10.1. The minimum absolute atomic E-state index is 0.0208. The summed E-state index contributed by atoms with van der Waals surface area (Å²) in [7, 11) is 1.52.